The number of thioether (sulfide) groups is 1. The summed E-state index contributed by atoms with van der Waals surface area (Å²) in [5, 5.41) is 10.8. The number of benzene rings is 1. The highest BCUT2D eigenvalue weighted by atomic mass is 32.2. The van der Waals surface area contributed by atoms with Gasteiger partial charge in [0.05, 0.1) is 6.26 Å². The van der Waals surface area contributed by atoms with E-state index < -0.39 is 0 Å². The highest BCUT2D eigenvalue weighted by Gasteiger charge is 2.25. The fraction of sp³-hybridized carbons (Fsp3) is 0.348. The molecule has 0 atom stereocenters. The molecule has 0 N–H and O–H groups in total. The monoisotopic (exact) mass is 421 g/mol. The number of aryl methyl sites for hydroxylation is 1. The Hall–Kier alpha value is -2.80. The molecule has 1 aliphatic rings. The first kappa shape index (κ1) is 19.2. The maximum atomic E-state index is 12.1. The largest absolute Gasteiger partial charge is 0.461 e. The van der Waals surface area contributed by atoms with E-state index in [0.717, 1.165) is 46.1 Å². The Morgan fingerprint density at radius 3 is 2.80 bits per heavy atom. The predicted molar refractivity (Wildman–Crippen MR) is 117 cm³/mol. The molecule has 0 radical (unpaired) electrons. The Morgan fingerprint density at radius 2 is 2.00 bits per heavy atom. The molecule has 7 heteroatoms. The summed E-state index contributed by atoms with van der Waals surface area (Å²) >= 11 is 1.61. The highest BCUT2D eigenvalue weighted by molar-refractivity contribution is 7.98. The molecule has 154 valence electrons. The van der Waals surface area contributed by atoms with Crippen LogP contribution < -0.4 is 5.63 Å². The average molecular weight is 422 g/mol. The van der Waals surface area contributed by atoms with Gasteiger partial charge in [0.25, 0.3) is 0 Å². The number of hydrogen-bond acceptors (Lipinski definition) is 6. The SMILES string of the molecule is Cc1ccc2c(CSc3nnc(-c4ccco4)n3C3CCCCC3)cc(=O)oc2c1. The van der Waals surface area contributed by atoms with Crippen molar-refractivity contribution in [1.29, 1.82) is 0 Å². The van der Waals surface area contributed by atoms with Crippen LogP contribution in [0.3, 0.4) is 0 Å². The number of rotatable bonds is 5. The van der Waals surface area contributed by atoms with Crippen molar-refractivity contribution in [3.8, 4) is 11.6 Å². The lowest BCUT2D eigenvalue weighted by Crippen LogP contribution is -2.15. The van der Waals surface area contributed by atoms with E-state index in [9.17, 15) is 4.79 Å². The summed E-state index contributed by atoms with van der Waals surface area (Å²) in [4.78, 5) is 12.1. The van der Waals surface area contributed by atoms with Crippen LogP contribution in [0.2, 0.25) is 0 Å². The summed E-state index contributed by atoms with van der Waals surface area (Å²) in [5.74, 6) is 2.14. The molecule has 1 aromatic carbocycles. The minimum absolute atomic E-state index is 0.325. The van der Waals surface area contributed by atoms with Gasteiger partial charge >= 0.3 is 5.63 Å². The van der Waals surface area contributed by atoms with Crippen LogP contribution in [0.1, 0.15) is 49.3 Å². The number of nitrogens with zero attached hydrogens (tertiary/aromatic N) is 3. The standard InChI is InChI=1S/C23H23N3O3S/c1-15-9-10-18-16(13-21(27)29-20(18)12-15)14-30-23-25-24-22(19-8-5-11-28-19)26(23)17-6-3-2-4-7-17/h5,8-13,17H,2-4,6-7,14H2,1H3. The summed E-state index contributed by atoms with van der Waals surface area (Å²) in [7, 11) is 0. The van der Waals surface area contributed by atoms with Gasteiger partial charge in [0.1, 0.15) is 5.58 Å². The van der Waals surface area contributed by atoms with Gasteiger partial charge in [-0.1, -0.05) is 43.2 Å². The normalized spacial score (nSPS) is 15.1. The number of fused-ring (bicyclic) bond motifs is 1. The van der Waals surface area contributed by atoms with Gasteiger partial charge in [-0.15, -0.1) is 10.2 Å². The molecule has 0 spiro atoms. The summed E-state index contributed by atoms with van der Waals surface area (Å²) in [6.07, 6.45) is 7.62. The van der Waals surface area contributed by atoms with Gasteiger partial charge in [0.15, 0.2) is 10.9 Å². The molecular formula is C23H23N3O3S. The molecule has 1 fully saturated rings. The highest BCUT2D eigenvalue weighted by Crippen LogP contribution is 2.37. The van der Waals surface area contributed by atoms with E-state index in [1.165, 1.54) is 19.3 Å². The van der Waals surface area contributed by atoms with E-state index in [-0.39, 0.29) is 5.63 Å². The van der Waals surface area contributed by atoms with Crippen molar-refractivity contribution in [3.05, 3.63) is 64.2 Å². The lowest BCUT2D eigenvalue weighted by Gasteiger charge is -2.25. The number of aromatic nitrogens is 3. The Balaban J connectivity index is 1.50. The lowest BCUT2D eigenvalue weighted by atomic mass is 9.95. The third-order valence-corrected chi connectivity index (χ3v) is 6.68. The van der Waals surface area contributed by atoms with Gasteiger partial charge in [-0.3, -0.25) is 4.57 Å². The summed E-state index contributed by atoms with van der Waals surface area (Å²) in [6.45, 7) is 1.99. The maximum Gasteiger partial charge on any atom is 0.336 e. The topological polar surface area (TPSA) is 74.1 Å². The van der Waals surface area contributed by atoms with Crippen molar-refractivity contribution in [3.63, 3.8) is 0 Å². The van der Waals surface area contributed by atoms with Gasteiger partial charge in [-0.25, -0.2) is 4.79 Å². The van der Waals surface area contributed by atoms with Crippen molar-refractivity contribution < 1.29 is 8.83 Å². The summed E-state index contributed by atoms with van der Waals surface area (Å²) in [6, 6.07) is 11.7. The Kier molecular flexibility index (Phi) is 5.21. The van der Waals surface area contributed by atoms with Crippen molar-refractivity contribution >= 4 is 22.7 Å². The van der Waals surface area contributed by atoms with Crippen LogP contribution in [0.5, 0.6) is 0 Å². The second-order valence-electron chi connectivity index (χ2n) is 7.82. The molecular weight excluding hydrogens is 398 g/mol. The zero-order valence-corrected chi connectivity index (χ0v) is 17.7. The van der Waals surface area contributed by atoms with Crippen LogP contribution in [0.15, 0.2) is 61.4 Å². The minimum atomic E-state index is -0.325. The molecule has 3 heterocycles. The molecule has 4 aromatic rings. The second kappa shape index (κ2) is 8.14. The van der Waals surface area contributed by atoms with Gasteiger partial charge < -0.3 is 8.83 Å². The van der Waals surface area contributed by atoms with Gasteiger partial charge in [0.2, 0.25) is 5.82 Å². The molecule has 5 rings (SSSR count). The van der Waals surface area contributed by atoms with Crippen molar-refractivity contribution in [2.24, 2.45) is 0 Å². The van der Waals surface area contributed by atoms with E-state index >= 15 is 0 Å². The van der Waals surface area contributed by atoms with Gasteiger partial charge in [0, 0.05) is 23.2 Å². The number of hydrogen-bond donors (Lipinski definition) is 0. The van der Waals surface area contributed by atoms with E-state index in [1.54, 1.807) is 24.1 Å². The molecule has 0 bridgehead atoms. The third kappa shape index (κ3) is 3.69. The molecule has 0 saturated heterocycles. The fourth-order valence-electron chi connectivity index (χ4n) is 4.22. The first-order valence-electron chi connectivity index (χ1n) is 10.3. The summed E-state index contributed by atoms with van der Waals surface area (Å²) in [5.41, 5.74) is 2.32. The quantitative estimate of drug-likeness (QED) is 0.302. The van der Waals surface area contributed by atoms with E-state index in [2.05, 4.69) is 14.8 Å². The van der Waals surface area contributed by atoms with Crippen LogP contribution in [-0.4, -0.2) is 14.8 Å². The lowest BCUT2D eigenvalue weighted by molar-refractivity contribution is 0.337. The van der Waals surface area contributed by atoms with E-state index in [4.69, 9.17) is 8.83 Å². The van der Waals surface area contributed by atoms with Gasteiger partial charge in [-0.05, 0) is 49.1 Å². The van der Waals surface area contributed by atoms with Crippen LogP contribution >= 0.6 is 11.8 Å². The fourth-order valence-corrected chi connectivity index (χ4v) is 5.21. The smallest absolute Gasteiger partial charge is 0.336 e. The first-order valence-corrected chi connectivity index (χ1v) is 11.3. The van der Waals surface area contributed by atoms with Crippen molar-refractivity contribution in [2.75, 3.05) is 0 Å². The van der Waals surface area contributed by atoms with Crippen molar-refractivity contribution in [1.82, 2.24) is 14.8 Å². The molecule has 30 heavy (non-hydrogen) atoms. The minimum Gasteiger partial charge on any atom is -0.461 e. The van der Waals surface area contributed by atoms with E-state index in [1.807, 2.05) is 37.3 Å². The third-order valence-electron chi connectivity index (χ3n) is 5.69. The van der Waals surface area contributed by atoms with Crippen molar-refractivity contribution in [2.45, 2.75) is 56.0 Å². The molecule has 0 aliphatic heterocycles. The number of furan rings is 1. The zero-order chi connectivity index (χ0) is 20.5. The second-order valence-corrected chi connectivity index (χ2v) is 8.77. The Morgan fingerprint density at radius 1 is 1.13 bits per heavy atom. The Labute approximate surface area is 178 Å². The molecule has 0 amide bonds. The summed E-state index contributed by atoms with van der Waals surface area (Å²) < 4.78 is 13.3. The Bertz CT molecular complexity index is 1220. The zero-order valence-electron chi connectivity index (χ0n) is 16.8. The van der Waals surface area contributed by atoms with Gasteiger partial charge in [-0.2, -0.15) is 0 Å². The van der Waals surface area contributed by atoms with E-state index in [0.29, 0.717) is 17.4 Å². The molecule has 1 aliphatic carbocycles. The predicted octanol–water partition coefficient (Wildman–Crippen LogP) is 5.75. The first-order chi connectivity index (χ1) is 14.7. The van der Waals surface area contributed by atoms with Crippen LogP contribution in [0.25, 0.3) is 22.6 Å². The van der Waals surface area contributed by atoms with Crippen LogP contribution in [-0.2, 0) is 5.75 Å². The van der Waals surface area contributed by atoms with Crippen LogP contribution in [0.4, 0.5) is 0 Å². The maximum absolute atomic E-state index is 12.1. The molecule has 3 aromatic heterocycles. The van der Waals surface area contributed by atoms with Crippen LogP contribution in [0, 0.1) is 6.92 Å². The molecule has 6 nitrogen and oxygen atoms in total. The average Bonchev–Trinajstić information content (AvgIpc) is 3.42. The molecule has 1 saturated carbocycles. The molecule has 0 unspecified atom stereocenters.